The zero-order chi connectivity index (χ0) is 20.8. The number of piperidine rings is 1. The zero-order valence-electron chi connectivity index (χ0n) is 17.4. The van der Waals surface area contributed by atoms with Crippen LogP contribution in [-0.2, 0) is 11.3 Å². The summed E-state index contributed by atoms with van der Waals surface area (Å²) >= 11 is 0. The standard InChI is InChI=1S/C23H26N6O2/c30-22(28-6-7-31-23(14-28)9-18-3-4-19(10-23)27-18)17-8-20-21(25-12-17)29(15-26-20)13-16-2-1-5-24-11-16/h1-2,5,8,11-12,15,18-19,27H,3-4,6-7,9-10,13-14H2/t18-,19+,23?. The van der Waals surface area contributed by atoms with Crippen LogP contribution in [0.2, 0.25) is 0 Å². The van der Waals surface area contributed by atoms with Gasteiger partial charge in [-0.05, 0) is 43.4 Å². The van der Waals surface area contributed by atoms with E-state index in [1.807, 2.05) is 33.9 Å². The first kappa shape index (κ1) is 18.9. The molecule has 1 spiro atoms. The van der Waals surface area contributed by atoms with Crippen molar-refractivity contribution in [2.75, 3.05) is 19.7 Å². The Balaban J connectivity index is 1.21. The molecule has 6 heterocycles. The number of nitrogens with zero attached hydrogens (tertiary/aromatic N) is 5. The van der Waals surface area contributed by atoms with Gasteiger partial charge in [-0.15, -0.1) is 0 Å². The summed E-state index contributed by atoms with van der Waals surface area (Å²) in [6.07, 6.45) is 11.5. The Morgan fingerprint density at radius 1 is 1.23 bits per heavy atom. The van der Waals surface area contributed by atoms with Crippen LogP contribution in [0.4, 0.5) is 0 Å². The Labute approximate surface area is 180 Å². The number of hydrogen-bond donors (Lipinski definition) is 1. The molecular formula is C23H26N6O2. The highest BCUT2D eigenvalue weighted by Gasteiger charge is 2.47. The monoisotopic (exact) mass is 418 g/mol. The van der Waals surface area contributed by atoms with Crippen LogP contribution in [0.15, 0.2) is 43.1 Å². The third kappa shape index (κ3) is 3.49. The maximum atomic E-state index is 13.3. The number of carbonyl (C=O) groups is 1. The van der Waals surface area contributed by atoms with Crippen molar-refractivity contribution < 1.29 is 9.53 Å². The molecule has 0 aliphatic carbocycles. The molecule has 3 atom stereocenters. The van der Waals surface area contributed by atoms with Gasteiger partial charge in [-0.3, -0.25) is 9.78 Å². The number of carbonyl (C=O) groups excluding carboxylic acids is 1. The molecule has 31 heavy (non-hydrogen) atoms. The predicted molar refractivity (Wildman–Crippen MR) is 115 cm³/mol. The minimum atomic E-state index is -0.201. The average molecular weight is 419 g/mol. The minimum Gasteiger partial charge on any atom is -0.371 e. The van der Waals surface area contributed by atoms with Gasteiger partial charge in [0.2, 0.25) is 0 Å². The molecule has 3 fully saturated rings. The number of hydrogen-bond acceptors (Lipinski definition) is 6. The number of rotatable bonds is 3. The van der Waals surface area contributed by atoms with Crippen molar-refractivity contribution in [1.82, 2.24) is 29.7 Å². The van der Waals surface area contributed by atoms with Crippen molar-refractivity contribution in [2.24, 2.45) is 0 Å². The van der Waals surface area contributed by atoms with Gasteiger partial charge in [0.1, 0.15) is 5.52 Å². The predicted octanol–water partition coefficient (Wildman–Crippen LogP) is 2.00. The Morgan fingerprint density at radius 3 is 2.90 bits per heavy atom. The third-order valence-electron chi connectivity index (χ3n) is 6.89. The van der Waals surface area contributed by atoms with Crippen LogP contribution in [0.1, 0.15) is 41.6 Å². The van der Waals surface area contributed by atoms with E-state index >= 15 is 0 Å². The average Bonchev–Trinajstić information content (AvgIpc) is 3.36. The largest absolute Gasteiger partial charge is 0.371 e. The van der Waals surface area contributed by atoms with Gasteiger partial charge < -0.3 is 19.5 Å². The first-order valence-corrected chi connectivity index (χ1v) is 11.1. The van der Waals surface area contributed by atoms with Gasteiger partial charge in [-0.25, -0.2) is 9.97 Å². The van der Waals surface area contributed by atoms with E-state index < -0.39 is 0 Å². The zero-order valence-corrected chi connectivity index (χ0v) is 17.4. The quantitative estimate of drug-likeness (QED) is 0.700. The second-order valence-corrected chi connectivity index (χ2v) is 9.10. The van der Waals surface area contributed by atoms with Crippen LogP contribution in [0, 0.1) is 0 Å². The molecule has 3 aromatic rings. The van der Waals surface area contributed by atoms with E-state index in [1.165, 1.54) is 12.8 Å². The number of ether oxygens (including phenoxy) is 1. The first-order chi connectivity index (χ1) is 15.2. The Kier molecular flexibility index (Phi) is 4.50. The summed E-state index contributed by atoms with van der Waals surface area (Å²) in [6.45, 7) is 2.53. The van der Waals surface area contributed by atoms with Crippen LogP contribution in [0.25, 0.3) is 11.2 Å². The molecule has 8 nitrogen and oxygen atoms in total. The summed E-state index contributed by atoms with van der Waals surface area (Å²) in [5.41, 5.74) is 2.98. The van der Waals surface area contributed by atoms with Crippen molar-refractivity contribution >= 4 is 17.1 Å². The molecular weight excluding hydrogens is 392 g/mol. The smallest absolute Gasteiger partial charge is 0.255 e. The second kappa shape index (κ2) is 7.39. The highest BCUT2D eigenvalue weighted by atomic mass is 16.5. The topological polar surface area (TPSA) is 85.2 Å². The molecule has 3 saturated heterocycles. The van der Waals surface area contributed by atoms with E-state index in [9.17, 15) is 4.79 Å². The fraction of sp³-hybridized carbons (Fsp3) is 0.478. The van der Waals surface area contributed by atoms with Gasteiger partial charge >= 0.3 is 0 Å². The van der Waals surface area contributed by atoms with Crippen molar-refractivity contribution in [1.29, 1.82) is 0 Å². The molecule has 1 unspecified atom stereocenters. The molecule has 160 valence electrons. The molecule has 1 N–H and O–H groups in total. The molecule has 8 heteroatoms. The number of imidazole rings is 1. The molecule has 2 bridgehead atoms. The lowest BCUT2D eigenvalue weighted by Crippen LogP contribution is -2.60. The maximum absolute atomic E-state index is 13.3. The fourth-order valence-electron chi connectivity index (χ4n) is 5.52. The van der Waals surface area contributed by atoms with Gasteiger partial charge in [0, 0.05) is 37.2 Å². The van der Waals surface area contributed by atoms with E-state index in [0.717, 1.165) is 29.6 Å². The van der Waals surface area contributed by atoms with Crippen LogP contribution in [0.5, 0.6) is 0 Å². The first-order valence-electron chi connectivity index (χ1n) is 11.1. The normalized spacial score (nSPS) is 27.8. The number of aromatic nitrogens is 4. The van der Waals surface area contributed by atoms with Crippen molar-refractivity contribution in [3.05, 3.63) is 54.2 Å². The summed E-state index contributed by atoms with van der Waals surface area (Å²) in [5.74, 6) is 0.0183. The number of morpholine rings is 1. The highest BCUT2D eigenvalue weighted by Crippen LogP contribution is 2.38. The summed E-state index contributed by atoms with van der Waals surface area (Å²) in [5, 5.41) is 3.67. The summed E-state index contributed by atoms with van der Waals surface area (Å²) < 4.78 is 8.24. The molecule has 6 rings (SSSR count). The molecule has 0 saturated carbocycles. The Bertz CT molecular complexity index is 1100. The van der Waals surface area contributed by atoms with Gasteiger partial charge in [0.25, 0.3) is 5.91 Å². The van der Waals surface area contributed by atoms with Crippen LogP contribution < -0.4 is 5.32 Å². The maximum Gasteiger partial charge on any atom is 0.255 e. The lowest BCUT2D eigenvalue weighted by atomic mass is 9.85. The van der Waals surface area contributed by atoms with Crippen molar-refractivity contribution in [3.63, 3.8) is 0 Å². The van der Waals surface area contributed by atoms with E-state index in [2.05, 4.69) is 20.3 Å². The Morgan fingerprint density at radius 2 is 2.10 bits per heavy atom. The van der Waals surface area contributed by atoms with Gasteiger partial charge in [0.05, 0.1) is 37.2 Å². The summed E-state index contributed by atoms with van der Waals surface area (Å²) in [6, 6.07) is 6.85. The second-order valence-electron chi connectivity index (χ2n) is 9.10. The number of fused-ring (bicyclic) bond motifs is 3. The van der Waals surface area contributed by atoms with E-state index in [-0.39, 0.29) is 11.5 Å². The molecule has 3 aromatic heterocycles. The minimum absolute atomic E-state index is 0.0183. The van der Waals surface area contributed by atoms with E-state index in [0.29, 0.717) is 43.9 Å². The summed E-state index contributed by atoms with van der Waals surface area (Å²) in [4.78, 5) is 28.5. The van der Waals surface area contributed by atoms with Crippen molar-refractivity contribution in [3.8, 4) is 0 Å². The van der Waals surface area contributed by atoms with Gasteiger partial charge in [-0.2, -0.15) is 0 Å². The Hall–Kier alpha value is -2.84. The lowest BCUT2D eigenvalue weighted by Gasteiger charge is -2.47. The van der Waals surface area contributed by atoms with Crippen LogP contribution in [0.3, 0.4) is 0 Å². The molecule has 0 radical (unpaired) electrons. The number of amides is 1. The lowest BCUT2D eigenvalue weighted by molar-refractivity contribution is -0.122. The SMILES string of the molecule is O=C(c1cnc2c(c1)ncn2Cc1cccnc1)N1CCOC2(C[C@H]3CC[C@@H](C2)N3)C1. The summed E-state index contributed by atoms with van der Waals surface area (Å²) in [7, 11) is 0. The van der Waals surface area contributed by atoms with Crippen LogP contribution >= 0.6 is 0 Å². The number of nitrogens with one attached hydrogen (secondary N) is 1. The van der Waals surface area contributed by atoms with E-state index in [1.54, 1.807) is 18.7 Å². The molecule has 1 amide bonds. The molecule has 3 aliphatic heterocycles. The highest BCUT2D eigenvalue weighted by molar-refractivity contribution is 5.96. The van der Waals surface area contributed by atoms with E-state index in [4.69, 9.17) is 4.74 Å². The molecule has 3 aliphatic rings. The fourth-order valence-corrected chi connectivity index (χ4v) is 5.52. The number of pyridine rings is 2. The van der Waals surface area contributed by atoms with Gasteiger partial charge in [0.15, 0.2) is 5.65 Å². The van der Waals surface area contributed by atoms with Gasteiger partial charge in [-0.1, -0.05) is 6.07 Å². The van der Waals surface area contributed by atoms with Crippen molar-refractivity contribution in [2.45, 2.75) is 49.9 Å². The molecule has 0 aromatic carbocycles. The third-order valence-corrected chi connectivity index (χ3v) is 6.89. The van der Waals surface area contributed by atoms with Crippen LogP contribution in [-0.4, -0.2) is 67.7 Å².